The molecule has 6 heteroatoms. The van der Waals surface area contributed by atoms with Crippen LogP contribution in [0.15, 0.2) is 24.3 Å². The summed E-state index contributed by atoms with van der Waals surface area (Å²) in [6, 6.07) is 5.92. The summed E-state index contributed by atoms with van der Waals surface area (Å²) >= 11 is 0. The highest BCUT2D eigenvalue weighted by molar-refractivity contribution is 7.92. The third-order valence-electron chi connectivity index (χ3n) is 3.05. The van der Waals surface area contributed by atoms with Crippen molar-refractivity contribution in [1.29, 1.82) is 0 Å². The molecule has 0 saturated heterocycles. The van der Waals surface area contributed by atoms with Gasteiger partial charge in [-0.1, -0.05) is 32.0 Å². The molecular formula is C13H17NO4S. The molecule has 0 saturated carbocycles. The number of para-hydroxylation sites is 1. The number of hydrogen-bond acceptors (Lipinski definition) is 3. The Labute approximate surface area is 112 Å². The molecule has 2 rings (SSSR count). The monoisotopic (exact) mass is 283 g/mol. The van der Waals surface area contributed by atoms with E-state index in [4.69, 9.17) is 0 Å². The van der Waals surface area contributed by atoms with E-state index in [-0.39, 0.29) is 18.1 Å². The van der Waals surface area contributed by atoms with Crippen LogP contribution >= 0.6 is 0 Å². The van der Waals surface area contributed by atoms with Gasteiger partial charge in [-0.05, 0) is 17.5 Å². The van der Waals surface area contributed by atoms with Crippen molar-refractivity contribution >= 4 is 21.7 Å². The van der Waals surface area contributed by atoms with Crippen LogP contribution < -0.4 is 4.31 Å². The molecule has 1 aliphatic rings. The molecule has 104 valence electrons. The average Bonchev–Trinajstić information content (AvgIpc) is 2.66. The van der Waals surface area contributed by atoms with Crippen LogP contribution in [0.25, 0.3) is 0 Å². The van der Waals surface area contributed by atoms with Crippen LogP contribution in [0.3, 0.4) is 0 Å². The topological polar surface area (TPSA) is 74.7 Å². The van der Waals surface area contributed by atoms with Gasteiger partial charge in [-0.2, -0.15) is 0 Å². The predicted molar refractivity (Wildman–Crippen MR) is 72.7 cm³/mol. The number of rotatable bonds is 4. The second-order valence-corrected chi connectivity index (χ2v) is 7.05. The minimum atomic E-state index is -3.61. The summed E-state index contributed by atoms with van der Waals surface area (Å²) < 4.78 is 25.8. The van der Waals surface area contributed by atoms with E-state index >= 15 is 0 Å². The second-order valence-electron chi connectivity index (χ2n) is 5.16. The smallest absolute Gasteiger partial charge is 0.327 e. The summed E-state index contributed by atoms with van der Waals surface area (Å²) in [5.41, 5.74) is 1.26. The molecule has 0 amide bonds. The number of anilines is 1. The van der Waals surface area contributed by atoms with Gasteiger partial charge in [0.15, 0.2) is 0 Å². The minimum Gasteiger partial charge on any atom is -0.480 e. The van der Waals surface area contributed by atoms with E-state index in [1.54, 1.807) is 38.1 Å². The third kappa shape index (κ3) is 2.58. The lowest BCUT2D eigenvalue weighted by atomic mass is 10.1. The van der Waals surface area contributed by atoms with Crippen LogP contribution in [0.1, 0.15) is 19.4 Å². The van der Waals surface area contributed by atoms with E-state index < -0.39 is 22.0 Å². The molecule has 0 aliphatic carbocycles. The van der Waals surface area contributed by atoms with Crippen molar-refractivity contribution in [3.63, 3.8) is 0 Å². The Bertz CT molecular complexity index is 594. The molecule has 0 unspecified atom stereocenters. The Morgan fingerprint density at radius 3 is 2.63 bits per heavy atom. The van der Waals surface area contributed by atoms with Gasteiger partial charge >= 0.3 is 5.97 Å². The first-order valence-corrected chi connectivity index (χ1v) is 7.76. The first-order chi connectivity index (χ1) is 8.83. The molecule has 0 fully saturated rings. The van der Waals surface area contributed by atoms with E-state index in [2.05, 4.69) is 0 Å². The van der Waals surface area contributed by atoms with Crippen LogP contribution in [0.5, 0.6) is 0 Å². The zero-order valence-corrected chi connectivity index (χ0v) is 11.7. The molecule has 1 N–H and O–H groups in total. The van der Waals surface area contributed by atoms with Gasteiger partial charge in [0.25, 0.3) is 0 Å². The van der Waals surface area contributed by atoms with Crippen LogP contribution in [0.4, 0.5) is 5.69 Å². The Balaban J connectivity index is 2.48. The SMILES string of the molecule is CC(C)CS(=O)(=O)N1c2ccccc2C[C@H]1C(=O)O. The normalized spacial score (nSPS) is 18.7. The van der Waals surface area contributed by atoms with Gasteiger partial charge in [0, 0.05) is 6.42 Å². The molecule has 5 nitrogen and oxygen atoms in total. The maximum Gasteiger partial charge on any atom is 0.327 e. The molecule has 0 aromatic heterocycles. The van der Waals surface area contributed by atoms with Gasteiger partial charge in [0.1, 0.15) is 6.04 Å². The van der Waals surface area contributed by atoms with Crippen LogP contribution in [0.2, 0.25) is 0 Å². The van der Waals surface area contributed by atoms with Crippen molar-refractivity contribution in [2.75, 3.05) is 10.1 Å². The van der Waals surface area contributed by atoms with Gasteiger partial charge in [0.05, 0.1) is 11.4 Å². The molecule has 1 aliphatic heterocycles. The molecular weight excluding hydrogens is 266 g/mol. The number of sulfonamides is 1. The van der Waals surface area contributed by atoms with Crippen molar-refractivity contribution in [1.82, 2.24) is 0 Å². The fourth-order valence-electron chi connectivity index (χ4n) is 2.39. The first kappa shape index (κ1) is 13.9. The lowest BCUT2D eigenvalue weighted by Gasteiger charge is -2.25. The fraction of sp³-hybridized carbons (Fsp3) is 0.462. The van der Waals surface area contributed by atoms with Crippen LogP contribution in [-0.4, -0.2) is 31.3 Å². The summed E-state index contributed by atoms with van der Waals surface area (Å²) in [6.07, 6.45) is 0.225. The zero-order valence-electron chi connectivity index (χ0n) is 10.9. The Kier molecular flexibility index (Phi) is 3.54. The Morgan fingerprint density at radius 1 is 1.42 bits per heavy atom. The van der Waals surface area contributed by atoms with Gasteiger partial charge in [-0.25, -0.2) is 13.2 Å². The first-order valence-electron chi connectivity index (χ1n) is 6.15. The van der Waals surface area contributed by atoms with Gasteiger partial charge < -0.3 is 5.11 Å². The standard InChI is InChI=1S/C13H17NO4S/c1-9(2)8-19(17,18)14-11-6-4-3-5-10(11)7-12(14)13(15)16/h3-6,9,12H,7-8H2,1-2H3,(H,15,16)/t12-/m0/s1. The fourth-order valence-corrected chi connectivity index (χ4v) is 4.42. The maximum absolute atomic E-state index is 12.4. The van der Waals surface area contributed by atoms with Crippen LogP contribution in [0, 0.1) is 5.92 Å². The molecule has 1 aromatic rings. The molecule has 0 bridgehead atoms. The molecule has 1 aromatic carbocycles. The average molecular weight is 283 g/mol. The summed E-state index contributed by atoms with van der Waals surface area (Å²) in [6.45, 7) is 3.60. The summed E-state index contributed by atoms with van der Waals surface area (Å²) in [4.78, 5) is 11.3. The Morgan fingerprint density at radius 2 is 2.05 bits per heavy atom. The van der Waals surface area contributed by atoms with Crippen molar-refractivity contribution < 1.29 is 18.3 Å². The van der Waals surface area contributed by atoms with E-state index in [0.717, 1.165) is 9.87 Å². The lowest BCUT2D eigenvalue weighted by Crippen LogP contribution is -2.44. The summed E-state index contributed by atoms with van der Waals surface area (Å²) in [5.74, 6) is -1.21. The number of aliphatic carboxylic acids is 1. The van der Waals surface area contributed by atoms with E-state index in [1.165, 1.54) is 0 Å². The number of nitrogens with zero attached hydrogens (tertiary/aromatic N) is 1. The number of fused-ring (bicyclic) bond motifs is 1. The third-order valence-corrected chi connectivity index (χ3v) is 5.19. The number of hydrogen-bond donors (Lipinski definition) is 1. The molecule has 1 heterocycles. The van der Waals surface area contributed by atoms with Crippen LogP contribution in [-0.2, 0) is 21.2 Å². The van der Waals surface area contributed by atoms with E-state index in [9.17, 15) is 18.3 Å². The largest absolute Gasteiger partial charge is 0.480 e. The number of carboxylic acids is 1. The van der Waals surface area contributed by atoms with E-state index in [1.807, 2.05) is 0 Å². The molecule has 1 atom stereocenters. The predicted octanol–water partition coefficient (Wildman–Crippen LogP) is 1.49. The van der Waals surface area contributed by atoms with Gasteiger partial charge in [-0.15, -0.1) is 0 Å². The lowest BCUT2D eigenvalue weighted by molar-refractivity contribution is -0.138. The summed E-state index contributed by atoms with van der Waals surface area (Å²) in [5, 5.41) is 9.25. The number of benzene rings is 1. The highest BCUT2D eigenvalue weighted by atomic mass is 32.2. The second kappa shape index (κ2) is 4.85. The van der Waals surface area contributed by atoms with Gasteiger partial charge in [-0.3, -0.25) is 4.31 Å². The van der Waals surface area contributed by atoms with Gasteiger partial charge in [0.2, 0.25) is 10.0 Å². The molecule has 19 heavy (non-hydrogen) atoms. The number of carbonyl (C=O) groups is 1. The quantitative estimate of drug-likeness (QED) is 0.908. The summed E-state index contributed by atoms with van der Waals surface area (Å²) in [7, 11) is -3.61. The Hall–Kier alpha value is -1.56. The van der Waals surface area contributed by atoms with Crippen molar-refractivity contribution in [3.8, 4) is 0 Å². The number of carboxylic acid groups (broad SMARTS) is 1. The minimum absolute atomic E-state index is 0.0489. The van der Waals surface area contributed by atoms with Crippen molar-refractivity contribution in [2.45, 2.75) is 26.3 Å². The highest BCUT2D eigenvalue weighted by Crippen LogP contribution is 2.35. The molecule has 0 spiro atoms. The molecule has 0 radical (unpaired) electrons. The maximum atomic E-state index is 12.4. The van der Waals surface area contributed by atoms with E-state index in [0.29, 0.717) is 5.69 Å². The highest BCUT2D eigenvalue weighted by Gasteiger charge is 2.41. The van der Waals surface area contributed by atoms with Crippen molar-refractivity contribution in [2.24, 2.45) is 5.92 Å². The van der Waals surface area contributed by atoms with Crippen molar-refractivity contribution in [3.05, 3.63) is 29.8 Å². The zero-order chi connectivity index (χ0) is 14.2.